The van der Waals surface area contributed by atoms with Gasteiger partial charge in [-0.3, -0.25) is 9.00 Å². The molecule has 1 aromatic carbocycles. The summed E-state index contributed by atoms with van der Waals surface area (Å²) in [6.07, 6.45) is 1.53. The first-order valence-electron chi connectivity index (χ1n) is 5.96. The molecule has 118 valence electrons. The highest BCUT2D eigenvalue weighted by molar-refractivity contribution is 7.89. The summed E-state index contributed by atoms with van der Waals surface area (Å²) in [5.41, 5.74) is 0.351. The van der Waals surface area contributed by atoms with Crippen molar-refractivity contribution in [2.75, 3.05) is 12.0 Å². The van der Waals surface area contributed by atoms with Crippen molar-refractivity contribution in [3.8, 4) is 0 Å². The zero-order chi connectivity index (χ0) is 16.4. The molecule has 0 aliphatic rings. The van der Waals surface area contributed by atoms with Gasteiger partial charge in [0.05, 0.1) is 4.90 Å². The van der Waals surface area contributed by atoms with Crippen LogP contribution in [0.5, 0.6) is 0 Å². The fourth-order valence-corrected chi connectivity index (χ4v) is 3.78. The number of sulfonamides is 1. The Morgan fingerprint density at radius 3 is 2.52 bits per heavy atom. The van der Waals surface area contributed by atoms with Crippen LogP contribution in [0.1, 0.15) is 22.8 Å². The number of amides is 1. The molecule has 0 saturated carbocycles. The number of primary sulfonamides is 1. The van der Waals surface area contributed by atoms with Crippen molar-refractivity contribution in [1.29, 1.82) is 0 Å². The van der Waals surface area contributed by atoms with Crippen molar-refractivity contribution in [3.05, 3.63) is 28.3 Å². The Kier molecular flexibility index (Phi) is 5.92. The van der Waals surface area contributed by atoms with Gasteiger partial charge in [-0.1, -0.05) is 11.6 Å². The normalized spacial score (nSPS) is 14.5. The van der Waals surface area contributed by atoms with Crippen molar-refractivity contribution in [2.24, 2.45) is 5.14 Å². The minimum atomic E-state index is -3.97. The van der Waals surface area contributed by atoms with E-state index in [0.29, 0.717) is 5.75 Å². The second kappa shape index (κ2) is 6.87. The molecule has 1 aromatic rings. The van der Waals surface area contributed by atoms with E-state index in [1.165, 1.54) is 25.3 Å². The van der Waals surface area contributed by atoms with E-state index < -0.39 is 26.7 Å². The minimum Gasteiger partial charge on any atom is -0.349 e. The average Bonchev–Trinajstić information content (AvgIpc) is 2.28. The van der Waals surface area contributed by atoms with Crippen LogP contribution in [0.4, 0.5) is 0 Å². The van der Waals surface area contributed by atoms with Crippen LogP contribution in [-0.2, 0) is 20.8 Å². The van der Waals surface area contributed by atoms with E-state index >= 15 is 0 Å². The highest BCUT2D eigenvalue weighted by atomic mass is 35.5. The van der Waals surface area contributed by atoms with Gasteiger partial charge in [-0.15, -0.1) is 0 Å². The van der Waals surface area contributed by atoms with Gasteiger partial charge in [-0.05, 0) is 31.5 Å². The predicted molar refractivity (Wildman–Crippen MR) is 83.4 cm³/mol. The summed E-state index contributed by atoms with van der Waals surface area (Å²) < 4.78 is 34.1. The van der Waals surface area contributed by atoms with Gasteiger partial charge in [0.2, 0.25) is 10.0 Å². The van der Waals surface area contributed by atoms with Gasteiger partial charge in [-0.25, -0.2) is 13.6 Å². The summed E-state index contributed by atoms with van der Waals surface area (Å²) >= 11 is 5.84. The maximum absolute atomic E-state index is 12.2. The van der Waals surface area contributed by atoms with Crippen molar-refractivity contribution < 1.29 is 17.4 Å². The number of carbonyl (C=O) groups excluding carboxylic acids is 1. The summed E-state index contributed by atoms with van der Waals surface area (Å²) in [4.78, 5) is 12.0. The summed E-state index contributed by atoms with van der Waals surface area (Å²) in [6, 6.07) is 2.25. The molecule has 0 bridgehead atoms. The van der Waals surface area contributed by atoms with Crippen molar-refractivity contribution in [3.63, 3.8) is 0 Å². The van der Waals surface area contributed by atoms with Crippen molar-refractivity contribution >= 4 is 38.3 Å². The molecule has 2 atom stereocenters. The number of rotatable bonds is 5. The summed E-state index contributed by atoms with van der Waals surface area (Å²) in [7, 11) is -5.03. The number of nitrogens with two attached hydrogens (primary N) is 1. The third kappa shape index (κ3) is 5.06. The molecule has 0 fully saturated rings. The monoisotopic (exact) mass is 352 g/mol. The fourth-order valence-electron chi connectivity index (χ4n) is 1.88. The molecule has 0 spiro atoms. The first-order valence-corrected chi connectivity index (χ1v) is 9.61. The average molecular weight is 353 g/mol. The molecule has 0 heterocycles. The third-order valence-corrected chi connectivity index (χ3v) is 4.96. The van der Waals surface area contributed by atoms with E-state index in [1.807, 2.05) is 0 Å². The molecular formula is C12H17ClN2O4S2. The van der Waals surface area contributed by atoms with Gasteiger partial charge in [0.25, 0.3) is 5.91 Å². The van der Waals surface area contributed by atoms with Crippen LogP contribution in [0.2, 0.25) is 5.02 Å². The highest BCUT2D eigenvalue weighted by Crippen LogP contribution is 2.23. The smallest absolute Gasteiger partial charge is 0.251 e. The van der Waals surface area contributed by atoms with E-state index in [4.69, 9.17) is 16.7 Å². The van der Waals surface area contributed by atoms with Gasteiger partial charge in [-0.2, -0.15) is 0 Å². The van der Waals surface area contributed by atoms with Gasteiger partial charge < -0.3 is 5.32 Å². The molecule has 21 heavy (non-hydrogen) atoms. The van der Waals surface area contributed by atoms with Crippen LogP contribution in [0.25, 0.3) is 0 Å². The number of hydrogen-bond acceptors (Lipinski definition) is 4. The van der Waals surface area contributed by atoms with Crippen LogP contribution in [0, 0.1) is 6.92 Å². The molecular weight excluding hydrogens is 336 g/mol. The minimum absolute atomic E-state index is 0.0986. The zero-order valence-corrected chi connectivity index (χ0v) is 14.2. The quantitative estimate of drug-likeness (QED) is 0.817. The maximum atomic E-state index is 12.2. The SMILES string of the molecule is Cc1c(C(=O)NC(C)CS(C)=O)cc(Cl)cc1S(N)(=O)=O. The Morgan fingerprint density at radius 2 is 2.05 bits per heavy atom. The lowest BCUT2D eigenvalue weighted by Crippen LogP contribution is -2.36. The summed E-state index contributed by atoms with van der Waals surface area (Å²) in [6.45, 7) is 3.19. The lowest BCUT2D eigenvalue weighted by molar-refractivity contribution is 0.0943. The predicted octanol–water partition coefficient (Wildman–Crippen LogP) is 0.793. The lowest BCUT2D eigenvalue weighted by atomic mass is 10.1. The van der Waals surface area contributed by atoms with Crippen LogP contribution in [-0.4, -0.2) is 36.6 Å². The topological polar surface area (TPSA) is 106 Å². The number of carbonyl (C=O) groups is 1. The van der Waals surface area contributed by atoms with Gasteiger partial charge in [0.1, 0.15) is 0 Å². The fraction of sp³-hybridized carbons (Fsp3) is 0.417. The molecule has 3 N–H and O–H groups in total. The van der Waals surface area contributed by atoms with E-state index in [0.717, 1.165) is 0 Å². The molecule has 1 amide bonds. The van der Waals surface area contributed by atoms with E-state index in [1.54, 1.807) is 6.92 Å². The Hall–Kier alpha value is -0.960. The number of benzene rings is 1. The van der Waals surface area contributed by atoms with Gasteiger partial charge in [0.15, 0.2) is 0 Å². The number of halogens is 1. The van der Waals surface area contributed by atoms with E-state index in [9.17, 15) is 17.4 Å². The zero-order valence-electron chi connectivity index (χ0n) is 11.8. The second-order valence-electron chi connectivity index (χ2n) is 4.74. The number of hydrogen-bond donors (Lipinski definition) is 2. The molecule has 0 aliphatic heterocycles. The van der Waals surface area contributed by atoms with Crippen LogP contribution < -0.4 is 10.5 Å². The largest absolute Gasteiger partial charge is 0.349 e. The Balaban J connectivity index is 3.17. The standard InChI is InChI=1S/C12H17ClN2O4S2/c1-7(6-20(3)17)15-12(16)10-4-9(13)5-11(8(10)2)21(14,18)19/h4-5,7H,6H2,1-3H3,(H,15,16)(H2,14,18,19). The van der Waals surface area contributed by atoms with Crippen molar-refractivity contribution in [2.45, 2.75) is 24.8 Å². The summed E-state index contributed by atoms with van der Waals surface area (Å²) in [5, 5.41) is 7.85. The third-order valence-electron chi connectivity index (χ3n) is 2.74. The first kappa shape index (κ1) is 18.1. The Morgan fingerprint density at radius 1 is 1.48 bits per heavy atom. The molecule has 0 aromatic heterocycles. The lowest BCUT2D eigenvalue weighted by Gasteiger charge is -2.15. The Bertz CT molecular complexity index is 689. The molecule has 1 rings (SSSR count). The van der Waals surface area contributed by atoms with E-state index in [-0.39, 0.29) is 27.1 Å². The highest BCUT2D eigenvalue weighted by Gasteiger charge is 2.20. The van der Waals surface area contributed by atoms with Crippen LogP contribution in [0.3, 0.4) is 0 Å². The molecule has 0 radical (unpaired) electrons. The van der Waals surface area contributed by atoms with Crippen LogP contribution >= 0.6 is 11.6 Å². The molecule has 0 aliphatic carbocycles. The second-order valence-corrected chi connectivity index (χ2v) is 8.18. The maximum Gasteiger partial charge on any atom is 0.251 e. The Labute approximate surface area is 131 Å². The van der Waals surface area contributed by atoms with Gasteiger partial charge in [0, 0.05) is 39.4 Å². The summed E-state index contributed by atoms with van der Waals surface area (Å²) in [5.74, 6) is -0.189. The van der Waals surface area contributed by atoms with Gasteiger partial charge >= 0.3 is 0 Å². The first-order chi connectivity index (χ1) is 9.52. The molecule has 0 saturated heterocycles. The van der Waals surface area contributed by atoms with Crippen molar-refractivity contribution in [1.82, 2.24) is 5.32 Å². The van der Waals surface area contributed by atoms with E-state index in [2.05, 4.69) is 5.32 Å². The molecule has 6 nitrogen and oxygen atoms in total. The molecule has 9 heteroatoms. The molecule has 2 unspecified atom stereocenters. The number of nitrogens with one attached hydrogen (secondary N) is 1. The van der Waals surface area contributed by atoms with Crippen LogP contribution in [0.15, 0.2) is 17.0 Å².